The van der Waals surface area contributed by atoms with E-state index >= 15 is 0 Å². The number of hydrogen-bond donors (Lipinski definition) is 1. The standard InChI is InChI=1S/C13H17BrO3/c1-8-5-6-9(11(17-4)10(8)14)7-13(2,3)12(15)16/h5-6H,7H2,1-4H3,(H,15,16). The summed E-state index contributed by atoms with van der Waals surface area (Å²) in [6.07, 6.45) is 0.435. The molecule has 0 amide bonds. The number of carboxylic acids is 1. The van der Waals surface area contributed by atoms with Gasteiger partial charge in [-0.25, -0.2) is 0 Å². The summed E-state index contributed by atoms with van der Waals surface area (Å²) in [6, 6.07) is 3.88. The molecule has 4 heteroatoms. The molecule has 0 heterocycles. The van der Waals surface area contributed by atoms with Gasteiger partial charge < -0.3 is 9.84 Å². The fourth-order valence-electron chi connectivity index (χ4n) is 1.61. The van der Waals surface area contributed by atoms with Crippen LogP contribution in [-0.2, 0) is 11.2 Å². The molecule has 0 saturated carbocycles. The van der Waals surface area contributed by atoms with Gasteiger partial charge >= 0.3 is 5.97 Å². The van der Waals surface area contributed by atoms with Crippen LogP contribution < -0.4 is 4.74 Å². The Kier molecular flexibility index (Phi) is 4.20. The Morgan fingerprint density at radius 2 is 2.06 bits per heavy atom. The molecule has 1 aromatic rings. The lowest BCUT2D eigenvalue weighted by Crippen LogP contribution is -2.26. The average molecular weight is 301 g/mol. The first-order valence-corrected chi connectivity index (χ1v) is 6.14. The molecule has 1 rings (SSSR count). The molecule has 0 unspecified atom stereocenters. The molecule has 0 radical (unpaired) electrons. The molecule has 1 aromatic carbocycles. The van der Waals surface area contributed by atoms with Crippen LogP contribution >= 0.6 is 15.9 Å². The normalized spacial score (nSPS) is 11.4. The molecule has 94 valence electrons. The number of methoxy groups -OCH3 is 1. The van der Waals surface area contributed by atoms with Gasteiger partial charge in [-0.3, -0.25) is 4.79 Å². The number of ether oxygens (including phenoxy) is 1. The van der Waals surface area contributed by atoms with Crippen molar-refractivity contribution in [1.82, 2.24) is 0 Å². The van der Waals surface area contributed by atoms with Crippen molar-refractivity contribution in [1.29, 1.82) is 0 Å². The van der Waals surface area contributed by atoms with Gasteiger partial charge in [-0.1, -0.05) is 12.1 Å². The smallest absolute Gasteiger partial charge is 0.309 e. The lowest BCUT2D eigenvalue weighted by Gasteiger charge is -2.21. The van der Waals surface area contributed by atoms with Crippen LogP contribution in [0, 0.1) is 12.3 Å². The minimum atomic E-state index is -0.809. The van der Waals surface area contributed by atoms with Crippen LogP contribution in [0.1, 0.15) is 25.0 Å². The Morgan fingerprint density at radius 3 is 2.53 bits per heavy atom. The van der Waals surface area contributed by atoms with Crippen molar-refractivity contribution in [2.45, 2.75) is 27.2 Å². The Bertz CT molecular complexity index is 439. The van der Waals surface area contributed by atoms with Gasteiger partial charge in [0.05, 0.1) is 17.0 Å². The fraction of sp³-hybridized carbons (Fsp3) is 0.462. The minimum absolute atomic E-state index is 0.435. The maximum Gasteiger partial charge on any atom is 0.309 e. The van der Waals surface area contributed by atoms with E-state index in [1.807, 2.05) is 19.1 Å². The summed E-state index contributed by atoms with van der Waals surface area (Å²) >= 11 is 3.46. The highest BCUT2D eigenvalue weighted by Crippen LogP contribution is 2.35. The molecule has 0 aliphatic rings. The van der Waals surface area contributed by atoms with Gasteiger partial charge in [0.15, 0.2) is 0 Å². The summed E-state index contributed by atoms with van der Waals surface area (Å²) in [4.78, 5) is 11.1. The number of benzene rings is 1. The zero-order chi connectivity index (χ0) is 13.2. The van der Waals surface area contributed by atoms with Gasteiger partial charge in [0, 0.05) is 0 Å². The van der Waals surface area contributed by atoms with E-state index in [2.05, 4.69) is 15.9 Å². The summed E-state index contributed by atoms with van der Waals surface area (Å²) in [6.45, 7) is 5.39. The Balaban J connectivity index is 3.16. The second-order valence-electron chi connectivity index (χ2n) is 4.75. The molecule has 3 nitrogen and oxygen atoms in total. The number of halogens is 1. The molecule has 0 aliphatic heterocycles. The maximum atomic E-state index is 11.1. The number of hydrogen-bond acceptors (Lipinski definition) is 2. The molecular formula is C13H17BrO3. The topological polar surface area (TPSA) is 46.5 Å². The van der Waals surface area contributed by atoms with Crippen molar-refractivity contribution in [2.24, 2.45) is 5.41 Å². The number of carboxylic acid groups (broad SMARTS) is 1. The van der Waals surface area contributed by atoms with Gasteiger partial charge in [0.25, 0.3) is 0 Å². The Morgan fingerprint density at radius 1 is 1.47 bits per heavy atom. The SMILES string of the molecule is COc1c(CC(C)(C)C(=O)O)ccc(C)c1Br. The molecule has 0 aromatic heterocycles. The van der Waals surface area contributed by atoms with E-state index in [0.717, 1.165) is 21.3 Å². The van der Waals surface area contributed by atoms with E-state index in [9.17, 15) is 4.79 Å². The molecule has 1 N–H and O–H groups in total. The zero-order valence-electron chi connectivity index (χ0n) is 10.5. The van der Waals surface area contributed by atoms with Crippen LogP contribution in [0.2, 0.25) is 0 Å². The van der Waals surface area contributed by atoms with Crippen molar-refractivity contribution in [3.8, 4) is 5.75 Å². The summed E-state index contributed by atoms with van der Waals surface area (Å²) in [5.74, 6) is -0.0874. The maximum absolute atomic E-state index is 11.1. The second kappa shape index (κ2) is 5.08. The number of rotatable bonds is 4. The first kappa shape index (κ1) is 14.0. The first-order valence-electron chi connectivity index (χ1n) is 5.35. The lowest BCUT2D eigenvalue weighted by atomic mass is 9.85. The number of aliphatic carboxylic acids is 1. The van der Waals surface area contributed by atoms with E-state index < -0.39 is 11.4 Å². The van der Waals surface area contributed by atoms with E-state index in [1.165, 1.54) is 0 Å². The van der Waals surface area contributed by atoms with E-state index in [0.29, 0.717) is 6.42 Å². The van der Waals surface area contributed by atoms with Gasteiger partial charge in [0.1, 0.15) is 5.75 Å². The van der Waals surface area contributed by atoms with Gasteiger partial charge in [-0.05, 0) is 54.2 Å². The molecule has 17 heavy (non-hydrogen) atoms. The first-order chi connectivity index (χ1) is 7.79. The minimum Gasteiger partial charge on any atom is -0.495 e. The van der Waals surface area contributed by atoms with Gasteiger partial charge in [-0.2, -0.15) is 0 Å². The van der Waals surface area contributed by atoms with Gasteiger partial charge in [0.2, 0.25) is 0 Å². The number of aryl methyl sites for hydroxylation is 1. The highest BCUT2D eigenvalue weighted by molar-refractivity contribution is 9.10. The Labute approximate surface area is 110 Å². The van der Waals surface area contributed by atoms with Crippen LogP contribution in [0.5, 0.6) is 5.75 Å². The van der Waals surface area contributed by atoms with Crippen LogP contribution in [0.3, 0.4) is 0 Å². The zero-order valence-corrected chi connectivity index (χ0v) is 12.1. The van der Waals surface area contributed by atoms with E-state index in [1.54, 1.807) is 21.0 Å². The summed E-state index contributed by atoms with van der Waals surface area (Å²) in [5.41, 5.74) is 1.17. The molecule has 0 aliphatic carbocycles. The molecule has 0 atom stereocenters. The molecule has 0 spiro atoms. The average Bonchev–Trinajstić information content (AvgIpc) is 2.23. The monoisotopic (exact) mass is 300 g/mol. The van der Waals surface area contributed by atoms with Crippen LogP contribution in [0.15, 0.2) is 16.6 Å². The van der Waals surface area contributed by atoms with Crippen molar-refractivity contribution < 1.29 is 14.6 Å². The quantitative estimate of drug-likeness (QED) is 0.927. The highest BCUT2D eigenvalue weighted by atomic mass is 79.9. The molecule has 0 bridgehead atoms. The van der Waals surface area contributed by atoms with E-state index in [4.69, 9.17) is 9.84 Å². The Hall–Kier alpha value is -1.03. The fourth-order valence-corrected chi connectivity index (χ4v) is 2.15. The largest absolute Gasteiger partial charge is 0.495 e. The predicted octanol–water partition coefficient (Wildman–Crippen LogP) is 3.42. The van der Waals surface area contributed by atoms with Crippen molar-refractivity contribution >= 4 is 21.9 Å². The molecular weight excluding hydrogens is 284 g/mol. The van der Waals surface area contributed by atoms with Crippen molar-refractivity contribution in [3.05, 3.63) is 27.7 Å². The number of carbonyl (C=O) groups is 1. The summed E-state index contributed by atoms with van der Waals surface area (Å²) in [7, 11) is 1.59. The third-order valence-electron chi connectivity index (χ3n) is 2.79. The molecule has 0 fully saturated rings. The second-order valence-corrected chi connectivity index (χ2v) is 5.55. The molecule has 0 saturated heterocycles. The van der Waals surface area contributed by atoms with Crippen LogP contribution in [-0.4, -0.2) is 18.2 Å². The van der Waals surface area contributed by atoms with Crippen LogP contribution in [0.25, 0.3) is 0 Å². The lowest BCUT2D eigenvalue weighted by molar-refractivity contribution is -0.146. The highest BCUT2D eigenvalue weighted by Gasteiger charge is 2.29. The third kappa shape index (κ3) is 3.00. The summed E-state index contributed by atoms with van der Waals surface area (Å²) < 4.78 is 6.23. The third-order valence-corrected chi connectivity index (χ3v) is 3.77. The summed E-state index contributed by atoms with van der Waals surface area (Å²) in [5, 5.41) is 9.14. The van der Waals surface area contributed by atoms with Gasteiger partial charge in [-0.15, -0.1) is 0 Å². The van der Waals surface area contributed by atoms with Crippen molar-refractivity contribution in [2.75, 3.05) is 7.11 Å². The predicted molar refractivity (Wildman–Crippen MR) is 70.6 cm³/mol. The van der Waals surface area contributed by atoms with E-state index in [-0.39, 0.29) is 0 Å². The van der Waals surface area contributed by atoms with Crippen LogP contribution in [0.4, 0.5) is 0 Å². The van der Waals surface area contributed by atoms with Crippen molar-refractivity contribution in [3.63, 3.8) is 0 Å².